The Balaban J connectivity index is 0.909. The lowest BCUT2D eigenvalue weighted by Gasteiger charge is -2.39. The molecule has 1 saturated heterocycles. The SMILES string of the molecule is CCCCCC1CCC(c2ccc(-c3ccc(C(=O)Nc4ccc(-c5cc6c7c(c8c(c6cc5OC)OC(c5ccccc5)(c5ccc(N6CCOCC6)cc5)C=C8)C(C)(C)c5c-7cc(C(F)(F)F)cc5C(F)(F)F)c(C)c4)cc3)cc2)CC1. The predicted molar refractivity (Wildman–Crippen MR) is 323 cm³/mol. The van der Waals surface area contributed by atoms with Gasteiger partial charge in [-0.05, 0) is 167 Å². The van der Waals surface area contributed by atoms with Gasteiger partial charge < -0.3 is 24.4 Å². The van der Waals surface area contributed by atoms with Crippen molar-refractivity contribution in [3.63, 3.8) is 0 Å². The van der Waals surface area contributed by atoms with Crippen LogP contribution in [0, 0.1) is 12.8 Å². The first-order chi connectivity index (χ1) is 40.4. The van der Waals surface area contributed by atoms with Crippen molar-refractivity contribution in [1.82, 2.24) is 0 Å². The lowest BCUT2D eigenvalue weighted by Crippen LogP contribution is -2.37. The molecule has 2 fully saturated rings. The zero-order chi connectivity index (χ0) is 58.7. The van der Waals surface area contributed by atoms with Gasteiger partial charge in [0.15, 0.2) is 5.60 Å². The third kappa shape index (κ3) is 10.4. The maximum absolute atomic E-state index is 15.4. The second-order valence-electron chi connectivity index (χ2n) is 23.7. The first-order valence-electron chi connectivity index (χ1n) is 29.4. The van der Waals surface area contributed by atoms with E-state index in [0.717, 1.165) is 58.6 Å². The van der Waals surface area contributed by atoms with Gasteiger partial charge in [-0.25, -0.2) is 0 Å². The van der Waals surface area contributed by atoms with Crippen LogP contribution in [0.1, 0.15) is 138 Å². The fourth-order valence-corrected chi connectivity index (χ4v) is 13.9. The molecule has 4 aliphatic rings. The number of hydrogen-bond acceptors (Lipinski definition) is 5. The van der Waals surface area contributed by atoms with Crippen molar-refractivity contribution in [3.8, 4) is 44.9 Å². The van der Waals surface area contributed by atoms with Crippen molar-refractivity contribution in [2.24, 2.45) is 5.92 Å². The minimum Gasteiger partial charge on any atom is -0.496 e. The summed E-state index contributed by atoms with van der Waals surface area (Å²) in [5, 5.41) is 3.86. The molecule has 8 aromatic rings. The lowest BCUT2D eigenvalue weighted by atomic mass is 9.75. The van der Waals surface area contributed by atoms with Crippen LogP contribution >= 0.6 is 0 Å². The zero-order valence-electron chi connectivity index (χ0n) is 48.0. The van der Waals surface area contributed by atoms with Crippen LogP contribution < -0.4 is 19.7 Å². The molecule has 0 aromatic heterocycles. The maximum atomic E-state index is 15.4. The molecule has 2 aliphatic heterocycles. The molecular weight excluding hydrogens is 1070 g/mol. The molecular formula is C72H68F6N2O4. The number of methoxy groups -OCH3 is 1. The van der Waals surface area contributed by atoms with E-state index < -0.39 is 34.5 Å². The van der Waals surface area contributed by atoms with Crippen LogP contribution in [0.4, 0.5) is 37.7 Å². The van der Waals surface area contributed by atoms with E-state index in [4.69, 9.17) is 14.2 Å². The van der Waals surface area contributed by atoms with Crippen molar-refractivity contribution in [2.75, 3.05) is 43.6 Å². The number of ether oxygens (including phenoxy) is 3. The Morgan fingerprint density at radius 3 is 2.02 bits per heavy atom. The van der Waals surface area contributed by atoms with E-state index in [1.54, 1.807) is 32.0 Å². The minimum atomic E-state index is -5.13. The van der Waals surface area contributed by atoms with Crippen LogP contribution in [0.25, 0.3) is 50.2 Å². The molecule has 432 valence electrons. The number of hydrogen-bond donors (Lipinski definition) is 1. The number of carbonyl (C=O) groups excluding carboxylic acids is 1. The molecule has 8 aromatic carbocycles. The average Bonchev–Trinajstić information content (AvgIpc) is 1.50. The molecule has 1 atom stereocenters. The monoisotopic (exact) mass is 1140 g/mol. The number of amides is 1. The van der Waals surface area contributed by atoms with Crippen molar-refractivity contribution in [2.45, 2.75) is 108 Å². The molecule has 1 N–H and O–H groups in total. The number of carbonyl (C=O) groups is 1. The molecule has 0 spiro atoms. The Morgan fingerprint density at radius 1 is 0.702 bits per heavy atom. The van der Waals surface area contributed by atoms with Gasteiger partial charge in [0.1, 0.15) is 11.5 Å². The van der Waals surface area contributed by atoms with Gasteiger partial charge in [0.25, 0.3) is 5.91 Å². The summed E-state index contributed by atoms with van der Waals surface area (Å²) in [5.74, 6) is 1.88. The summed E-state index contributed by atoms with van der Waals surface area (Å²) in [6.45, 7) is 10.1. The van der Waals surface area contributed by atoms with Gasteiger partial charge in [-0.15, -0.1) is 0 Å². The molecule has 12 heteroatoms. The number of anilines is 2. The first kappa shape index (κ1) is 56.6. The molecule has 1 saturated carbocycles. The van der Waals surface area contributed by atoms with Crippen molar-refractivity contribution in [1.29, 1.82) is 0 Å². The fraction of sp³-hybridized carbons (Fsp3) is 0.319. The van der Waals surface area contributed by atoms with Crippen molar-refractivity contribution < 1.29 is 45.3 Å². The van der Waals surface area contributed by atoms with E-state index in [2.05, 4.69) is 41.4 Å². The largest absolute Gasteiger partial charge is 0.496 e. The Morgan fingerprint density at radius 2 is 1.38 bits per heavy atom. The van der Waals surface area contributed by atoms with Crippen molar-refractivity contribution >= 4 is 34.1 Å². The van der Waals surface area contributed by atoms with Crippen LogP contribution in [0.2, 0.25) is 0 Å². The summed E-state index contributed by atoms with van der Waals surface area (Å²) in [4.78, 5) is 16.1. The van der Waals surface area contributed by atoms with Gasteiger partial charge in [-0.3, -0.25) is 4.79 Å². The molecule has 84 heavy (non-hydrogen) atoms. The normalized spacial score (nSPS) is 19.1. The quantitative estimate of drug-likeness (QED) is 0.0921. The van der Waals surface area contributed by atoms with Gasteiger partial charge in [0.2, 0.25) is 0 Å². The molecule has 1 unspecified atom stereocenters. The smallest absolute Gasteiger partial charge is 0.416 e. The highest BCUT2D eigenvalue weighted by molar-refractivity contribution is 6.11. The van der Waals surface area contributed by atoms with E-state index in [9.17, 15) is 18.0 Å². The number of unbranched alkanes of at least 4 members (excludes halogenated alkanes) is 2. The van der Waals surface area contributed by atoms with E-state index in [1.165, 1.54) is 64.0 Å². The third-order valence-corrected chi connectivity index (χ3v) is 18.2. The third-order valence-electron chi connectivity index (χ3n) is 18.2. The summed E-state index contributed by atoms with van der Waals surface area (Å²) in [7, 11) is 1.52. The van der Waals surface area contributed by atoms with Gasteiger partial charge in [-0.2, -0.15) is 26.3 Å². The van der Waals surface area contributed by atoms with E-state index >= 15 is 13.2 Å². The standard InChI is InChI=1S/C72H68F6N2O4/c1-6-7-9-12-45-15-17-46(18-16-45)47-19-21-48(22-20-47)49-23-25-50(26-24-49)68(81)79-54-29-32-56(44(2)39-54)58-42-59-60(43-63(58)82-5)67-57(66-64(59)61-40-53(71(73,74)75)41-62(72(76,77)78)65(61)69(66,3)4)33-34-70(84-67,51-13-10-8-11-14-51)52-27-30-55(31-28-52)80-35-37-83-38-36-80/h8,10-11,13-14,19-34,39-43,45-46H,6-7,9,12,15-18,35-38H2,1-5H3,(H,79,81). The summed E-state index contributed by atoms with van der Waals surface area (Å²) in [5.41, 5.74) is 4.17. The number of rotatable bonds is 13. The highest BCUT2D eigenvalue weighted by atomic mass is 19.4. The second-order valence-corrected chi connectivity index (χ2v) is 23.7. The Hall–Kier alpha value is -7.83. The molecule has 0 radical (unpaired) electrons. The zero-order valence-corrected chi connectivity index (χ0v) is 48.0. The predicted octanol–water partition coefficient (Wildman–Crippen LogP) is 19.1. The minimum absolute atomic E-state index is 0.158. The van der Waals surface area contributed by atoms with Crippen LogP contribution in [0.5, 0.6) is 11.5 Å². The second kappa shape index (κ2) is 22.3. The number of nitrogens with one attached hydrogen (secondary N) is 1. The molecule has 12 rings (SSSR count). The Kier molecular flexibility index (Phi) is 15.0. The number of morpholine rings is 1. The number of halogens is 6. The first-order valence-corrected chi connectivity index (χ1v) is 29.4. The summed E-state index contributed by atoms with van der Waals surface area (Å²) in [6, 6.07) is 44.3. The molecule has 2 aliphatic carbocycles. The number of fused-ring (bicyclic) bond motifs is 8. The Bertz CT molecular complexity index is 3800. The van der Waals surface area contributed by atoms with Gasteiger partial charge in [0.05, 0.1) is 31.5 Å². The van der Waals surface area contributed by atoms with Crippen LogP contribution in [0.15, 0.2) is 152 Å². The number of benzene rings is 8. The molecule has 0 bridgehead atoms. The van der Waals surface area contributed by atoms with E-state index in [-0.39, 0.29) is 28.7 Å². The van der Waals surface area contributed by atoms with Gasteiger partial charge in [-0.1, -0.05) is 137 Å². The van der Waals surface area contributed by atoms with Gasteiger partial charge >= 0.3 is 12.4 Å². The maximum Gasteiger partial charge on any atom is 0.416 e. The topological polar surface area (TPSA) is 60.0 Å². The van der Waals surface area contributed by atoms with E-state index in [0.29, 0.717) is 74.9 Å². The summed E-state index contributed by atoms with van der Waals surface area (Å²) in [6.07, 6.45) is 3.91. The molecule has 1 amide bonds. The number of aryl methyl sites for hydroxylation is 1. The average molecular weight is 1140 g/mol. The molecule has 6 nitrogen and oxygen atoms in total. The Labute approximate surface area is 487 Å². The van der Waals surface area contributed by atoms with Crippen LogP contribution in [0.3, 0.4) is 0 Å². The van der Waals surface area contributed by atoms with Crippen molar-refractivity contribution in [3.05, 3.63) is 207 Å². The van der Waals surface area contributed by atoms with Crippen LogP contribution in [-0.4, -0.2) is 39.3 Å². The lowest BCUT2D eigenvalue weighted by molar-refractivity contribution is -0.143. The highest BCUT2D eigenvalue weighted by Gasteiger charge is 2.50. The number of nitrogens with zero attached hydrogens (tertiary/aromatic N) is 1. The summed E-state index contributed by atoms with van der Waals surface area (Å²) < 4.78 is 110. The highest BCUT2D eigenvalue weighted by Crippen LogP contribution is 2.62. The van der Waals surface area contributed by atoms with Gasteiger partial charge in [0, 0.05) is 63.1 Å². The molecule has 2 heterocycles. The van der Waals surface area contributed by atoms with Crippen LogP contribution in [-0.2, 0) is 28.1 Å². The van der Waals surface area contributed by atoms with E-state index in [1.807, 2.05) is 110 Å². The fourth-order valence-electron chi connectivity index (χ4n) is 13.9. The number of alkyl halides is 6. The summed E-state index contributed by atoms with van der Waals surface area (Å²) >= 11 is 0.